The number of aromatic nitrogens is 1. The molecule has 1 aromatic heterocycles. The van der Waals surface area contributed by atoms with Gasteiger partial charge in [0.25, 0.3) is 5.91 Å². The van der Waals surface area contributed by atoms with Crippen LogP contribution in [0, 0.1) is 0 Å². The molecule has 15 heavy (non-hydrogen) atoms. The van der Waals surface area contributed by atoms with E-state index in [-0.39, 0.29) is 5.91 Å². The first-order chi connectivity index (χ1) is 7.29. The van der Waals surface area contributed by atoms with E-state index in [0.29, 0.717) is 18.7 Å². The number of carbonyl (C=O) groups is 1. The van der Waals surface area contributed by atoms with Crippen LogP contribution >= 0.6 is 0 Å². The zero-order valence-corrected chi connectivity index (χ0v) is 8.91. The molecule has 5 heteroatoms. The fraction of sp³-hybridized carbons (Fsp3) is 0.400. The molecule has 0 spiro atoms. The van der Waals surface area contributed by atoms with Crippen LogP contribution in [-0.4, -0.2) is 38.2 Å². The summed E-state index contributed by atoms with van der Waals surface area (Å²) in [4.78, 5) is 15.6. The lowest BCUT2D eigenvalue weighted by Gasteiger charge is -2.08. The molecule has 0 unspecified atom stereocenters. The highest BCUT2D eigenvalue weighted by Crippen LogP contribution is 2.11. The second kappa shape index (κ2) is 5.98. The molecular formula is C10H15N3O2. The van der Waals surface area contributed by atoms with Crippen molar-refractivity contribution in [2.75, 3.05) is 32.6 Å². The zero-order valence-electron chi connectivity index (χ0n) is 8.91. The molecule has 0 radical (unpaired) electrons. The fourth-order valence-electron chi connectivity index (χ4n) is 1.16. The van der Waals surface area contributed by atoms with Gasteiger partial charge in [0.1, 0.15) is 0 Å². The monoisotopic (exact) mass is 209 g/mol. The molecule has 0 saturated heterocycles. The Balaban J connectivity index is 2.64. The minimum Gasteiger partial charge on any atom is -0.387 e. The molecule has 1 rings (SSSR count). The van der Waals surface area contributed by atoms with E-state index >= 15 is 0 Å². The molecule has 5 nitrogen and oxygen atoms in total. The maximum absolute atomic E-state index is 11.7. The maximum atomic E-state index is 11.7. The van der Waals surface area contributed by atoms with Crippen molar-refractivity contribution in [3.8, 4) is 0 Å². The normalized spacial score (nSPS) is 9.73. The van der Waals surface area contributed by atoms with E-state index in [1.54, 1.807) is 26.4 Å². The molecule has 0 bridgehead atoms. The number of methoxy groups -OCH3 is 1. The van der Waals surface area contributed by atoms with Gasteiger partial charge in [-0.1, -0.05) is 0 Å². The van der Waals surface area contributed by atoms with Crippen molar-refractivity contribution in [2.45, 2.75) is 0 Å². The third-order valence-corrected chi connectivity index (χ3v) is 1.93. The van der Waals surface area contributed by atoms with Gasteiger partial charge in [0.15, 0.2) is 0 Å². The number of carbonyl (C=O) groups excluding carboxylic acids is 1. The quantitative estimate of drug-likeness (QED) is 0.693. The summed E-state index contributed by atoms with van der Waals surface area (Å²) in [5.74, 6) is -0.149. The van der Waals surface area contributed by atoms with Crippen LogP contribution in [0.4, 0.5) is 5.69 Å². The van der Waals surface area contributed by atoms with E-state index in [1.807, 2.05) is 0 Å². The van der Waals surface area contributed by atoms with Crippen molar-refractivity contribution >= 4 is 11.6 Å². The number of ether oxygens (including phenoxy) is 1. The van der Waals surface area contributed by atoms with Crippen molar-refractivity contribution < 1.29 is 9.53 Å². The zero-order chi connectivity index (χ0) is 11.1. The minimum atomic E-state index is -0.149. The standard InChI is InChI=1S/C10H15N3O2/c1-11-9-3-4-12-7-8(9)10(14)13-5-6-15-2/h3-4,7H,5-6H2,1-2H3,(H,11,12)(H,13,14). The number of pyridine rings is 1. The Hall–Kier alpha value is -1.62. The predicted octanol–water partition coefficient (Wildman–Crippen LogP) is 0.499. The number of nitrogens with zero attached hydrogens (tertiary/aromatic N) is 1. The molecular weight excluding hydrogens is 194 g/mol. The summed E-state index contributed by atoms with van der Waals surface area (Å²) in [7, 11) is 3.36. The second-order valence-corrected chi connectivity index (χ2v) is 2.92. The number of nitrogens with one attached hydrogen (secondary N) is 2. The van der Waals surface area contributed by atoms with E-state index in [0.717, 1.165) is 5.69 Å². The lowest BCUT2D eigenvalue weighted by molar-refractivity contribution is 0.0937. The lowest BCUT2D eigenvalue weighted by atomic mass is 10.2. The summed E-state index contributed by atoms with van der Waals surface area (Å²) in [6.07, 6.45) is 3.17. The highest BCUT2D eigenvalue weighted by atomic mass is 16.5. The SMILES string of the molecule is CNc1ccncc1C(=O)NCCOC. The molecule has 1 aromatic rings. The van der Waals surface area contributed by atoms with Gasteiger partial charge in [-0.05, 0) is 6.07 Å². The lowest BCUT2D eigenvalue weighted by Crippen LogP contribution is -2.27. The summed E-state index contributed by atoms with van der Waals surface area (Å²) >= 11 is 0. The molecule has 0 aromatic carbocycles. The second-order valence-electron chi connectivity index (χ2n) is 2.92. The molecule has 0 fully saturated rings. The molecule has 1 heterocycles. The van der Waals surface area contributed by atoms with Crippen LogP contribution in [0.15, 0.2) is 18.5 Å². The maximum Gasteiger partial charge on any atom is 0.255 e. The van der Waals surface area contributed by atoms with Crippen LogP contribution in [0.25, 0.3) is 0 Å². The largest absolute Gasteiger partial charge is 0.387 e. The Bertz CT molecular complexity index is 328. The fourth-order valence-corrected chi connectivity index (χ4v) is 1.16. The van der Waals surface area contributed by atoms with E-state index in [4.69, 9.17) is 4.74 Å². The molecule has 0 saturated carbocycles. The van der Waals surface area contributed by atoms with Crippen LogP contribution in [0.1, 0.15) is 10.4 Å². The Kier molecular flexibility index (Phi) is 4.56. The molecule has 1 amide bonds. The first kappa shape index (κ1) is 11.5. The minimum absolute atomic E-state index is 0.149. The van der Waals surface area contributed by atoms with Gasteiger partial charge in [-0.2, -0.15) is 0 Å². The van der Waals surface area contributed by atoms with Crippen molar-refractivity contribution in [3.05, 3.63) is 24.0 Å². The Morgan fingerprint density at radius 1 is 1.60 bits per heavy atom. The average molecular weight is 209 g/mol. The highest BCUT2D eigenvalue weighted by molar-refractivity contribution is 5.99. The van der Waals surface area contributed by atoms with Crippen LogP contribution in [0.2, 0.25) is 0 Å². The Morgan fingerprint density at radius 3 is 3.07 bits per heavy atom. The molecule has 0 atom stereocenters. The highest BCUT2D eigenvalue weighted by Gasteiger charge is 2.09. The van der Waals surface area contributed by atoms with Crippen LogP contribution < -0.4 is 10.6 Å². The molecule has 0 aliphatic heterocycles. The van der Waals surface area contributed by atoms with Gasteiger partial charge in [0.2, 0.25) is 0 Å². The van der Waals surface area contributed by atoms with Crippen molar-refractivity contribution in [3.63, 3.8) is 0 Å². The Labute approximate surface area is 88.9 Å². The van der Waals surface area contributed by atoms with Gasteiger partial charge < -0.3 is 15.4 Å². The molecule has 0 aliphatic carbocycles. The molecule has 82 valence electrons. The number of hydrogen-bond acceptors (Lipinski definition) is 4. The van der Waals surface area contributed by atoms with Gasteiger partial charge >= 0.3 is 0 Å². The van der Waals surface area contributed by atoms with Crippen molar-refractivity contribution in [1.29, 1.82) is 0 Å². The van der Waals surface area contributed by atoms with Crippen LogP contribution in [0.3, 0.4) is 0 Å². The molecule has 0 aliphatic rings. The third-order valence-electron chi connectivity index (χ3n) is 1.93. The van der Waals surface area contributed by atoms with Gasteiger partial charge in [-0.3, -0.25) is 9.78 Å². The average Bonchev–Trinajstić information content (AvgIpc) is 2.29. The van der Waals surface area contributed by atoms with Gasteiger partial charge in [-0.25, -0.2) is 0 Å². The topological polar surface area (TPSA) is 63.2 Å². The van der Waals surface area contributed by atoms with Crippen LogP contribution in [0.5, 0.6) is 0 Å². The van der Waals surface area contributed by atoms with Gasteiger partial charge in [0.05, 0.1) is 12.2 Å². The first-order valence-electron chi connectivity index (χ1n) is 4.68. The number of rotatable bonds is 5. The number of amides is 1. The summed E-state index contributed by atoms with van der Waals surface area (Å²) in [6.45, 7) is 0.994. The summed E-state index contributed by atoms with van der Waals surface area (Å²) in [6, 6.07) is 1.76. The third kappa shape index (κ3) is 3.21. The first-order valence-corrected chi connectivity index (χ1v) is 4.68. The van der Waals surface area contributed by atoms with Gasteiger partial charge in [0, 0.05) is 38.8 Å². The molecule has 2 N–H and O–H groups in total. The summed E-state index contributed by atoms with van der Waals surface area (Å²) in [5.41, 5.74) is 1.30. The van der Waals surface area contributed by atoms with E-state index in [9.17, 15) is 4.79 Å². The van der Waals surface area contributed by atoms with Gasteiger partial charge in [-0.15, -0.1) is 0 Å². The van der Waals surface area contributed by atoms with E-state index in [1.165, 1.54) is 6.20 Å². The van der Waals surface area contributed by atoms with Crippen LogP contribution in [-0.2, 0) is 4.74 Å². The predicted molar refractivity (Wildman–Crippen MR) is 58.0 cm³/mol. The summed E-state index contributed by atoms with van der Waals surface area (Å²) < 4.78 is 4.84. The van der Waals surface area contributed by atoms with E-state index in [2.05, 4.69) is 15.6 Å². The Morgan fingerprint density at radius 2 is 2.40 bits per heavy atom. The number of anilines is 1. The van der Waals surface area contributed by atoms with E-state index < -0.39 is 0 Å². The number of hydrogen-bond donors (Lipinski definition) is 2. The smallest absolute Gasteiger partial charge is 0.255 e. The van der Waals surface area contributed by atoms with Crippen molar-refractivity contribution in [1.82, 2.24) is 10.3 Å². The van der Waals surface area contributed by atoms with Crippen molar-refractivity contribution in [2.24, 2.45) is 0 Å². The summed E-state index contributed by atoms with van der Waals surface area (Å²) in [5, 5.41) is 5.67.